The van der Waals surface area contributed by atoms with Crippen molar-refractivity contribution in [1.29, 1.82) is 0 Å². The molecule has 190 valence electrons. The number of fused-ring (bicyclic) bond motifs is 1. The Bertz CT molecular complexity index is 1690. The zero-order chi connectivity index (χ0) is 26.9. The van der Waals surface area contributed by atoms with E-state index in [1.807, 2.05) is 0 Å². The van der Waals surface area contributed by atoms with Crippen LogP contribution in [0.2, 0.25) is 10.0 Å². The van der Waals surface area contributed by atoms with Crippen LogP contribution in [0.1, 0.15) is 15.9 Å². The van der Waals surface area contributed by atoms with E-state index < -0.39 is 26.7 Å². The van der Waals surface area contributed by atoms with Gasteiger partial charge in [0.15, 0.2) is 11.5 Å². The predicted molar refractivity (Wildman–Crippen MR) is 142 cm³/mol. The number of anilines is 1. The second kappa shape index (κ2) is 10.3. The van der Waals surface area contributed by atoms with Gasteiger partial charge in [-0.15, -0.1) is 5.11 Å². The topological polar surface area (TPSA) is 138 Å². The lowest BCUT2D eigenvalue weighted by Crippen LogP contribution is -2.13. The number of aromatic hydroxyl groups is 1. The number of phenolic OH excluding ortho intramolecular Hbond substituents is 1. The van der Waals surface area contributed by atoms with E-state index in [0.29, 0.717) is 27.0 Å². The normalized spacial score (nSPS) is 11.7. The highest BCUT2D eigenvalue weighted by atomic mass is 35.5. The molecule has 4 aromatic rings. The number of benzene rings is 4. The maximum atomic E-state index is 13.2. The summed E-state index contributed by atoms with van der Waals surface area (Å²) < 4.78 is 38.1. The summed E-state index contributed by atoms with van der Waals surface area (Å²) in [6.45, 7) is 1.54. The third kappa shape index (κ3) is 5.37. The number of methoxy groups -OCH3 is 1. The van der Waals surface area contributed by atoms with E-state index in [0.717, 1.165) is 6.07 Å². The second-order valence-corrected chi connectivity index (χ2v) is 10.0. The molecule has 0 aliphatic heterocycles. The summed E-state index contributed by atoms with van der Waals surface area (Å²) in [5.41, 5.74) is 0.563. The van der Waals surface area contributed by atoms with E-state index in [4.69, 9.17) is 27.9 Å². The number of hydrogen-bond acceptors (Lipinski definition) is 7. The zero-order valence-corrected chi connectivity index (χ0v) is 21.7. The van der Waals surface area contributed by atoms with Crippen molar-refractivity contribution in [3.8, 4) is 11.5 Å². The van der Waals surface area contributed by atoms with Crippen LogP contribution in [-0.4, -0.2) is 31.1 Å². The minimum atomic E-state index is -4.62. The van der Waals surface area contributed by atoms with Crippen LogP contribution in [0.3, 0.4) is 0 Å². The van der Waals surface area contributed by atoms with Gasteiger partial charge in [-0.3, -0.25) is 9.35 Å². The monoisotopic (exact) mass is 559 g/mol. The number of aryl methyl sites for hydroxylation is 1. The first-order valence-electron chi connectivity index (χ1n) is 10.6. The van der Waals surface area contributed by atoms with Gasteiger partial charge in [0.25, 0.3) is 16.0 Å². The summed E-state index contributed by atoms with van der Waals surface area (Å²) in [7, 11) is -3.20. The molecular formula is C25H19Cl2N3O6S. The highest BCUT2D eigenvalue weighted by molar-refractivity contribution is 7.86. The number of nitrogens with one attached hydrogen (secondary N) is 1. The predicted octanol–water partition coefficient (Wildman–Crippen LogP) is 7.08. The number of carbonyl (C=O) groups is 1. The minimum Gasteiger partial charge on any atom is -0.505 e. The standard InChI is InChI=1S/C25H19Cl2N3O6S/c1-13-10-15(12-20(21(13)27)37(33,34)35)29-30-22-16-7-4-3-6-14(16)11-17(23(22)31)25(32)28-19-9-5-8-18(26)24(19)36-2/h3-12,31H,1-2H3,(H,28,32)(H,33,34,35). The van der Waals surface area contributed by atoms with Gasteiger partial charge in [0.2, 0.25) is 0 Å². The maximum Gasteiger partial charge on any atom is 0.296 e. The Morgan fingerprint density at radius 2 is 1.76 bits per heavy atom. The third-order valence-electron chi connectivity index (χ3n) is 5.41. The van der Waals surface area contributed by atoms with E-state index in [1.54, 1.807) is 42.5 Å². The Morgan fingerprint density at radius 3 is 2.46 bits per heavy atom. The Kier molecular flexibility index (Phi) is 7.37. The molecule has 1 amide bonds. The summed E-state index contributed by atoms with van der Waals surface area (Å²) in [6, 6.07) is 15.7. The van der Waals surface area contributed by atoms with Gasteiger partial charge in [-0.25, -0.2) is 0 Å². The van der Waals surface area contributed by atoms with Crippen LogP contribution in [0.25, 0.3) is 10.8 Å². The number of phenols is 1. The first kappa shape index (κ1) is 26.4. The van der Waals surface area contributed by atoms with Crippen LogP contribution >= 0.6 is 23.2 Å². The smallest absolute Gasteiger partial charge is 0.296 e. The first-order valence-corrected chi connectivity index (χ1v) is 12.8. The van der Waals surface area contributed by atoms with E-state index >= 15 is 0 Å². The molecule has 0 fully saturated rings. The van der Waals surface area contributed by atoms with Crippen molar-refractivity contribution in [2.45, 2.75) is 11.8 Å². The van der Waals surface area contributed by atoms with Gasteiger partial charge >= 0.3 is 0 Å². The van der Waals surface area contributed by atoms with Gasteiger partial charge in [0.1, 0.15) is 10.6 Å². The molecule has 0 saturated carbocycles. The van der Waals surface area contributed by atoms with Crippen molar-refractivity contribution in [2.75, 3.05) is 12.4 Å². The van der Waals surface area contributed by atoms with Gasteiger partial charge in [0, 0.05) is 5.39 Å². The molecule has 0 unspecified atom stereocenters. The highest BCUT2D eigenvalue weighted by Gasteiger charge is 2.21. The van der Waals surface area contributed by atoms with Crippen LogP contribution in [0, 0.1) is 6.92 Å². The number of hydrogen-bond donors (Lipinski definition) is 3. The number of para-hydroxylation sites is 1. The fraction of sp³-hybridized carbons (Fsp3) is 0.0800. The first-order chi connectivity index (χ1) is 17.5. The molecule has 0 saturated heterocycles. The Morgan fingerprint density at radius 1 is 1.03 bits per heavy atom. The van der Waals surface area contributed by atoms with Crippen molar-refractivity contribution in [3.63, 3.8) is 0 Å². The molecule has 4 aromatic carbocycles. The van der Waals surface area contributed by atoms with Crippen LogP contribution in [0.5, 0.6) is 11.5 Å². The van der Waals surface area contributed by atoms with Crippen LogP contribution in [0.15, 0.2) is 75.8 Å². The summed E-state index contributed by atoms with van der Waals surface area (Å²) in [6.07, 6.45) is 0. The fourth-order valence-electron chi connectivity index (χ4n) is 3.67. The molecule has 0 heterocycles. The summed E-state index contributed by atoms with van der Waals surface area (Å²) >= 11 is 12.1. The molecule has 0 aliphatic rings. The molecule has 12 heteroatoms. The molecular weight excluding hydrogens is 541 g/mol. The van der Waals surface area contributed by atoms with E-state index in [1.165, 1.54) is 26.2 Å². The molecule has 3 N–H and O–H groups in total. The lowest BCUT2D eigenvalue weighted by Gasteiger charge is -2.13. The molecule has 9 nitrogen and oxygen atoms in total. The Balaban J connectivity index is 1.82. The van der Waals surface area contributed by atoms with Crippen molar-refractivity contribution in [2.24, 2.45) is 10.2 Å². The number of ether oxygens (including phenoxy) is 1. The van der Waals surface area contributed by atoms with Gasteiger partial charge in [0.05, 0.1) is 34.1 Å². The number of nitrogens with zero attached hydrogens (tertiary/aromatic N) is 2. The quantitative estimate of drug-likeness (QED) is 0.170. The van der Waals surface area contributed by atoms with Gasteiger partial charge in [-0.1, -0.05) is 53.5 Å². The van der Waals surface area contributed by atoms with Crippen LogP contribution in [-0.2, 0) is 10.1 Å². The molecule has 4 rings (SSSR count). The Hall–Kier alpha value is -3.70. The van der Waals surface area contributed by atoms with Gasteiger partial charge in [-0.05, 0) is 48.2 Å². The Labute approximate surface area is 222 Å². The summed E-state index contributed by atoms with van der Waals surface area (Å²) in [4.78, 5) is 12.6. The minimum absolute atomic E-state index is 0.0256. The number of azo groups is 1. The van der Waals surface area contributed by atoms with Crippen molar-refractivity contribution < 1.29 is 27.6 Å². The number of rotatable bonds is 6. The fourth-order valence-corrected chi connectivity index (χ4v) is 4.98. The molecule has 0 radical (unpaired) electrons. The van der Waals surface area contributed by atoms with Crippen molar-refractivity contribution in [1.82, 2.24) is 0 Å². The molecule has 37 heavy (non-hydrogen) atoms. The van der Waals surface area contributed by atoms with Gasteiger partial charge in [-0.2, -0.15) is 13.5 Å². The average molecular weight is 560 g/mol. The number of carbonyl (C=O) groups excluding carboxylic acids is 1. The average Bonchev–Trinajstić information content (AvgIpc) is 2.84. The second-order valence-electron chi connectivity index (χ2n) is 7.87. The number of amides is 1. The van der Waals surface area contributed by atoms with Crippen LogP contribution in [0.4, 0.5) is 17.1 Å². The molecule has 0 aliphatic carbocycles. The lowest BCUT2D eigenvalue weighted by atomic mass is 10.0. The number of halogens is 2. The molecule has 0 atom stereocenters. The van der Waals surface area contributed by atoms with E-state index in [-0.39, 0.29) is 27.7 Å². The van der Waals surface area contributed by atoms with E-state index in [2.05, 4.69) is 15.5 Å². The summed E-state index contributed by atoms with van der Waals surface area (Å²) in [5, 5.41) is 23.1. The maximum absolute atomic E-state index is 13.2. The largest absolute Gasteiger partial charge is 0.505 e. The van der Waals surface area contributed by atoms with Gasteiger partial charge < -0.3 is 15.2 Å². The van der Waals surface area contributed by atoms with E-state index in [9.17, 15) is 22.9 Å². The molecule has 0 aromatic heterocycles. The highest BCUT2D eigenvalue weighted by Crippen LogP contribution is 2.41. The molecule has 0 spiro atoms. The van der Waals surface area contributed by atoms with Crippen LogP contribution < -0.4 is 10.1 Å². The van der Waals surface area contributed by atoms with Crippen molar-refractivity contribution in [3.05, 3.63) is 81.8 Å². The third-order valence-corrected chi connectivity index (χ3v) is 7.20. The van der Waals surface area contributed by atoms with Crippen molar-refractivity contribution >= 4 is 67.1 Å². The lowest BCUT2D eigenvalue weighted by molar-refractivity contribution is 0.102. The SMILES string of the molecule is COc1c(Cl)cccc1NC(=O)c1cc2ccccc2c(N=Nc2cc(C)c(Cl)c(S(=O)(=O)O)c2)c1O. The summed E-state index contributed by atoms with van der Waals surface area (Å²) in [5.74, 6) is -0.858. The zero-order valence-electron chi connectivity index (χ0n) is 19.4. The molecule has 0 bridgehead atoms.